The van der Waals surface area contributed by atoms with Gasteiger partial charge in [-0.1, -0.05) is 38.8 Å². The maximum Gasteiger partial charge on any atom is 0.309 e. The summed E-state index contributed by atoms with van der Waals surface area (Å²) >= 11 is 0. The number of amides is 1. The second kappa shape index (κ2) is 7.25. The number of anilines is 1. The van der Waals surface area contributed by atoms with E-state index in [9.17, 15) is 9.59 Å². The molecule has 1 aliphatic rings. The Bertz CT molecular complexity index is 487. The largest absolute Gasteiger partial charge is 0.455 e. The topological polar surface area (TPSA) is 55.4 Å². The van der Waals surface area contributed by atoms with Gasteiger partial charge in [0.1, 0.15) is 0 Å². The molecule has 4 nitrogen and oxygen atoms in total. The van der Waals surface area contributed by atoms with Crippen LogP contribution >= 0.6 is 0 Å². The fraction of sp³-hybridized carbons (Fsp3) is 0.529. The van der Waals surface area contributed by atoms with Gasteiger partial charge in [-0.05, 0) is 36.5 Å². The predicted molar refractivity (Wildman–Crippen MR) is 82.1 cm³/mol. The molecule has 1 aromatic carbocycles. The molecule has 0 aromatic heterocycles. The number of esters is 1. The van der Waals surface area contributed by atoms with Crippen LogP contribution in [0.1, 0.15) is 51.0 Å². The van der Waals surface area contributed by atoms with E-state index in [4.69, 9.17) is 4.74 Å². The maximum atomic E-state index is 11.8. The molecule has 1 saturated carbocycles. The molecular formula is C17H23NO3. The first-order valence-electron chi connectivity index (χ1n) is 7.62. The summed E-state index contributed by atoms with van der Waals surface area (Å²) in [5.41, 5.74) is 1.95. The number of nitrogens with one attached hydrogen (secondary N) is 1. The van der Waals surface area contributed by atoms with Crippen LogP contribution in [0, 0.1) is 5.92 Å². The second-order valence-corrected chi connectivity index (χ2v) is 5.91. The summed E-state index contributed by atoms with van der Waals surface area (Å²) in [4.78, 5) is 23.5. The molecule has 114 valence electrons. The lowest BCUT2D eigenvalue weighted by Gasteiger charge is -2.11. The van der Waals surface area contributed by atoms with Crippen molar-refractivity contribution in [2.45, 2.75) is 45.4 Å². The SMILES string of the molecule is CC(C)c1ccc(NC(=O)COC(=O)C2CCCC2)cc1. The highest BCUT2D eigenvalue weighted by molar-refractivity contribution is 5.92. The monoisotopic (exact) mass is 289 g/mol. The lowest BCUT2D eigenvalue weighted by Crippen LogP contribution is -2.23. The van der Waals surface area contributed by atoms with Gasteiger partial charge in [0.05, 0.1) is 5.92 Å². The Hall–Kier alpha value is -1.84. The molecule has 1 aliphatic carbocycles. The molecule has 1 N–H and O–H groups in total. The lowest BCUT2D eigenvalue weighted by molar-refractivity contribution is -0.151. The van der Waals surface area contributed by atoms with Crippen molar-refractivity contribution in [3.8, 4) is 0 Å². The van der Waals surface area contributed by atoms with Gasteiger partial charge in [-0.25, -0.2) is 0 Å². The summed E-state index contributed by atoms with van der Waals surface area (Å²) in [6.07, 6.45) is 3.93. The Balaban J connectivity index is 1.77. The van der Waals surface area contributed by atoms with Gasteiger partial charge in [-0.2, -0.15) is 0 Å². The number of benzene rings is 1. The third-order valence-electron chi connectivity index (χ3n) is 3.90. The average molecular weight is 289 g/mol. The summed E-state index contributed by atoms with van der Waals surface area (Å²) in [7, 11) is 0. The summed E-state index contributed by atoms with van der Waals surface area (Å²) in [5, 5.41) is 2.74. The number of hydrogen-bond acceptors (Lipinski definition) is 3. The van der Waals surface area contributed by atoms with Crippen LogP contribution in [-0.4, -0.2) is 18.5 Å². The van der Waals surface area contributed by atoms with E-state index in [1.807, 2.05) is 24.3 Å². The average Bonchev–Trinajstić information content (AvgIpc) is 2.99. The van der Waals surface area contributed by atoms with E-state index in [2.05, 4.69) is 19.2 Å². The van der Waals surface area contributed by atoms with Crippen molar-refractivity contribution in [2.75, 3.05) is 11.9 Å². The highest BCUT2D eigenvalue weighted by atomic mass is 16.5. The lowest BCUT2D eigenvalue weighted by atomic mass is 10.0. The quantitative estimate of drug-likeness (QED) is 0.844. The molecule has 21 heavy (non-hydrogen) atoms. The van der Waals surface area contributed by atoms with Crippen LogP contribution in [0.2, 0.25) is 0 Å². The summed E-state index contributed by atoms with van der Waals surface area (Å²) in [6, 6.07) is 7.72. The molecule has 0 radical (unpaired) electrons. The van der Waals surface area contributed by atoms with Crippen LogP contribution in [0.25, 0.3) is 0 Å². The third kappa shape index (κ3) is 4.59. The first kappa shape index (κ1) is 15.5. The van der Waals surface area contributed by atoms with Gasteiger partial charge in [0.25, 0.3) is 5.91 Å². The van der Waals surface area contributed by atoms with Crippen LogP contribution < -0.4 is 5.32 Å². The number of rotatable bonds is 5. The molecule has 0 atom stereocenters. The molecule has 4 heteroatoms. The first-order valence-corrected chi connectivity index (χ1v) is 7.62. The van der Waals surface area contributed by atoms with E-state index < -0.39 is 0 Å². The highest BCUT2D eigenvalue weighted by Crippen LogP contribution is 2.25. The number of ether oxygens (including phenoxy) is 1. The van der Waals surface area contributed by atoms with Gasteiger partial charge in [-0.15, -0.1) is 0 Å². The maximum absolute atomic E-state index is 11.8. The molecule has 1 fully saturated rings. The van der Waals surface area contributed by atoms with Gasteiger partial charge in [-0.3, -0.25) is 9.59 Å². The van der Waals surface area contributed by atoms with Crippen molar-refractivity contribution >= 4 is 17.6 Å². The molecule has 0 unspecified atom stereocenters. The molecule has 0 heterocycles. The molecule has 1 amide bonds. The van der Waals surface area contributed by atoms with E-state index in [1.54, 1.807) is 0 Å². The van der Waals surface area contributed by atoms with E-state index in [0.29, 0.717) is 5.92 Å². The van der Waals surface area contributed by atoms with E-state index >= 15 is 0 Å². The summed E-state index contributed by atoms with van der Waals surface area (Å²) in [5.74, 6) is -0.0818. The number of carbonyl (C=O) groups excluding carboxylic acids is 2. The number of hydrogen-bond donors (Lipinski definition) is 1. The standard InChI is InChI=1S/C17H23NO3/c1-12(2)13-7-9-15(10-8-13)18-16(19)11-21-17(20)14-5-3-4-6-14/h7-10,12,14H,3-6,11H2,1-2H3,(H,18,19). The molecule has 2 rings (SSSR count). The molecular weight excluding hydrogens is 266 g/mol. The fourth-order valence-electron chi connectivity index (χ4n) is 2.56. The zero-order valence-electron chi connectivity index (χ0n) is 12.7. The van der Waals surface area contributed by atoms with Crippen molar-refractivity contribution in [3.05, 3.63) is 29.8 Å². The zero-order valence-corrected chi connectivity index (χ0v) is 12.7. The second-order valence-electron chi connectivity index (χ2n) is 5.91. The minimum absolute atomic E-state index is 0.0110. The Morgan fingerprint density at radius 1 is 1.19 bits per heavy atom. The molecule has 0 spiro atoms. The third-order valence-corrected chi connectivity index (χ3v) is 3.90. The first-order chi connectivity index (χ1) is 10.1. The Labute approximate surface area is 125 Å². The van der Waals surface area contributed by atoms with Crippen LogP contribution in [0.5, 0.6) is 0 Å². The van der Waals surface area contributed by atoms with Crippen molar-refractivity contribution in [1.29, 1.82) is 0 Å². The van der Waals surface area contributed by atoms with Gasteiger partial charge in [0.15, 0.2) is 6.61 Å². The minimum atomic E-state index is -0.293. The smallest absolute Gasteiger partial charge is 0.309 e. The fourth-order valence-corrected chi connectivity index (χ4v) is 2.56. The predicted octanol–water partition coefficient (Wildman–Crippen LogP) is 3.48. The molecule has 1 aromatic rings. The normalized spacial score (nSPS) is 15.2. The van der Waals surface area contributed by atoms with Crippen LogP contribution in [0.4, 0.5) is 5.69 Å². The van der Waals surface area contributed by atoms with Crippen LogP contribution in [0.3, 0.4) is 0 Å². The number of carbonyl (C=O) groups is 2. The van der Waals surface area contributed by atoms with Crippen molar-refractivity contribution in [3.63, 3.8) is 0 Å². The highest BCUT2D eigenvalue weighted by Gasteiger charge is 2.24. The summed E-state index contributed by atoms with van der Waals surface area (Å²) in [6.45, 7) is 4.04. The Morgan fingerprint density at radius 2 is 1.81 bits per heavy atom. The van der Waals surface area contributed by atoms with Crippen molar-refractivity contribution in [2.24, 2.45) is 5.92 Å². The van der Waals surface area contributed by atoms with Crippen LogP contribution in [0.15, 0.2) is 24.3 Å². The minimum Gasteiger partial charge on any atom is -0.455 e. The van der Waals surface area contributed by atoms with Gasteiger partial charge >= 0.3 is 5.97 Å². The van der Waals surface area contributed by atoms with E-state index in [1.165, 1.54) is 5.56 Å². The van der Waals surface area contributed by atoms with Gasteiger partial charge in [0, 0.05) is 5.69 Å². The molecule has 0 bridgehead atoms. The molecule has 0 aliphatic heterocycles. The van der Waals surface area contributed by atoms with Gasteiger partial charge < -0.3 is 10.1 Å². The van der Waals surface area contributed by atoms with Crippen molar-refractivity contribution in [1.82, 2.24) is 0 Å². The zero-order chi connectivity index (χ0) is 15.2. The summed E-state index contributed by atoms with van der Waals surface area (Å²) < 4.78 is 5.07. The van der Waals surface area contributed by atoms with Crippen LogP contribution in [-0.2, 0) is 14.3 Å². The van der Waals surface area contributed by atoms with E-state index in [0.717, 1.165) is 31.4 Å². The van der Waals surface area contributed by atoms with E-state index in [-0.39, 0.29) is 24.4 Å². The molecule has 0 saturated heterocycles. The van der Waals surface area contributed by atoms with Crippen molar-refractivity contribution < 1.29 is 14.3 Å². The van der Waals surface area contributed by atoms with Gasteiger partial charge in [0.2, 0.25) is 0 Å². The Kier molecular flexibility index (Phi) is 5.37. The Morgan fingerprint density at radius 3 is 2.38 bits per heavy atom.